The molecule has 0 amide bonds. The lowest BCUT2D eigenvalue weighted by Crippen LogP contribution is -2.52. The maximum atomic E-state index is 9.60. The van der Waals surface area contributed by atoms with E-state index in [2.05, 4.69) is 40.1 Å². The largest absolute Gasteiger partial charge is 0.395 e. The summed E-state index contributed by atoms with van der Waals surface area (Å²) < 4.78 is 0. The van der Waals surface area contributed by atoms with Gasteiger partial charge >= 0.3 is 0 Å². The number of benzene rings is 1. The molecule has 0 bridgehead atoms. The number of aliphatic hydroxyl groups is 1. The third kappa shape index (κ3) is 4.09. The zero-order valence-electron chi connectivity index (χ0n) is 13.7. The Morgan fingerprint density at radius 3 is 2.45 bits per heavy atom. The van der Waals surface area contributed by atoms with Gasteiger partial charge in [-0.15, -0.1) is 0 Å². The first-order valence-electron chi connectivity index (χ1n) is 8.99. The Kier molecular flexibility index (Phi) is 5.88. The minimum atomic E-state index is 0.341. The smallest absolute Gasteiger partial charge is 0.0586 e. The molecule has 2 aliphatic rings. The van der Waals surface area contributed by atoms with Crippen LogP contribution in [0.25, 0.3) is 0 Å². The highest BCUT2D eigenvalue weighted by Gasteiger charge is 2.30. The highest BCUT2D eigenvalue weighted by Crippen LogP contribution is 2.25. The predicted octanol–water partition coefficient (Wildman–Crippen LogP) is 2.54. The van der Waals surface area contributed by atoms with E-state index in [4.69, 9.17) is 0 Å². The Hall–Kier alpha value is -0.900. The van der Waals surface area contributed by atoms with Crippen LogP contribution in [-0.4, -0.2) is 59.8 Å². The van der Waals surface area contributed by atoms with E-state index in [-0.39, 0.29) is 0 Å². The summed E-state index contributed by atoms with van der Waals surface area (Å²) in [5.74, 6) is 0. The summed E-state index contributed by atoms with van der Waals surface area (Å²) in [5, 5.41) is 9.60. The molecule has 0 spiro atoms. The topological polar surface area (TPSA) is 26.7 Å². The van der Waals surface area contributed by atoms with Crippen LogP contribution in [0.3, 0.4) is 0 Å². The number of hydrogen-bond acceptors (Lipinski definition) is 3. The Morgan fingerprint density at radius 1 is 0.955 bits per heavy atom. The van der Waals surface area contributed by atoms with Crippen LogP contribution in [0.15, 0.2) is 30.3 Å². The van der Waals surface area contributed by atoms with Crippen molar-refractivity contribution < 1.29 is 5.11 Å². The number of aliphatic hydroxyl groups excluding tert-OH is 1. The van der Waals surface area contributed by atoms with Gasteiger partial charge in [0.15, 0.2) is 0 Å². The Bertz CT molecular complexity index is 428. The van der Waals surface area contributed by atoms with Gasteiger partial charge in [0.2, 0.25) is 0 Å². The van der Waals surface area contributed by atoms with Crippen molar-refractivity contribution in [1.82, 2.24) is 9.80 Å². The van der Waals surface area contributed by atoms with E-state index < -0.39 is 0 Å². The zero-order valence-corrected chi connectivity index (χ0v) is 13.7. The molecule has 0 radical (unpaired) electrons. The van der Waals surface area contributed by atoms with Crippen molar-refractivity contribution in [2.24, 2.45) is 0 Å². The highest BCUT2D eigenvalue weighted by molar-refractivity contribution is 5.14. The number of piperidine rings is 2. The zero-order chi connectivity index (χ0) is 15.2. The lowest BCUT2D eigenvalue weighted by Gasteiger charge is -2.44. The summed E-state index contributed by atoms with van der Waals surface area (Å²) in [6, 6.07) is 11.9. The van der Waals surface area contributed by atoms with Gasteiger partial charge in [-0.25, -0.2) is 0 Å². The average molecular weight is 302 g/mol. The summed E-state index contributed by atoms with van der Waals surface area (Å²) in [5.41, 5.74) is 1.45. The van der Waals surface area contributed by atoms with Gasteiger partial charge in [0.25, 0.3) is 0 Å². The summed E-state index contributed by atoms with van der Waals surface area (Å²) >= 11 is 0. The van der Waals surface area contributed by atoms with Crippen molar-refractivity contribution in [3.05, 3.63) is 35.9 Å². The number of likely N-dealkylation sites (tertiary alicyclic amines) is 2. The summed E-state index contributed by atoms with van der Waals surface area (Å²) in [4.78, 5) is 5.22. The van der Waals surface area contributed by atoms with E-state index in [9.17, 15) is 5.11 Å². The first kappa shape index (κ1) is 16.0. The van der Waals surface area contributed by atoms with E-state index in [0.717, 1.165) is 6.42 Å². The van der Waals surface area contributed by atoms with Crippen molar-refractivity contribution in [2.75, 3.05) is 32.8 Å². The van der Waals surface area contributed by atoms with Crippen LogP contribution in [-0.2, 0) is 6.42 Å². The molecule has 2 aliphatic heterocycles. The van der Waals surface area contributed by atoms with Crippen molar-refractivity contribution in [2.45, 2.75) is 50.6 Å². The monoisotopic (exact) mass is 302 g/mol. The molecular weight excluding hydrogens is 272 g/mol. The molecule has 1 atom stereocenters. The molecule has 3 rings (SSSR count). The van der Waals surface area contributed by atoms with Crippen molar-refractivity contribution >= 4 is 0 Å². The van der Waals surface area contributed by atoms with Crippen molar-refractivity contribution in [1.29, 1.82) is 0 Å². The highest BCUT2D eigenvalue weighted by atomic mass is 16.3. The minimum absolute atomic E-state index is 0.341. The molecule has 22 heavy (non-hydrogen) atoms. The van der Waals surface area contributed by atoms with Gasteiger partial charge in [-0.2, -0.15) is 0 Å². The number of nitrogens with zero attached hydrogens (tertiary/aromatic N) is 2. The van der Waals surface area contributed by atoms with Gasteiger partial charge in [0.05, 0.1) is 6.61 Å². The molecule has 1 aromatic carbocycles. The number of rotatable bonds is 5. The van der Waals surface area contributed by atoms with Crippen LogP contribution in [0.1, 0.15) is 37.7 Å². The van der Waals surface area contributed by atoms with Gasteiger partial charge in [-0.3, -0.25) is 4.90 Å². The molecule has 122 valence electrons. The average Bonchev–Trinajstić information content (AvgIpc) is 2.61. The summed E-state index contributed by atoms with van der Waals surface area (Å²) in [7, 11) is 0. The third-order valence-corrected chi connectivity index (χ3v) is 5.47. The van der Waals surface area contributed by atoms with Crippen LogP contribution in [0, 0.1) is 0 Å². The predicted molar refractivity (Wildman–Crippen MR) is 91.0 cm³/mol. The summed E-state index contributed by atoms with van der Waals surface area (Å²) in [6.45, 7) is 5.15. The molecule has 0 unspecified atom stereocenters. The van der Waals surface area contributed by atoms with Gasteiger partial charge < -0.3 is 10.0 Å². The second-order valence-corrected chi connectivity index (χ2v) is 6.88. The van der Waals surface area contributed by atoms with Gasteiger partial charge in [-0.1, -0.05) is 36.8 Å². The molecule has 1 aromatic rings. The lowest BCUT2D eigenvalue weighted by atomic mass is 9.95. The first-order valence-corrected chi connectivity index (χ1v) is 8.99. The maximum absolute atomic E-state index is 9.60. The molecule has 3 nitrogen and oxygen atoms in total. The van der Waals surface area contributed by atoms with Crippen LogP contribution in [0.2, 0.25) is 0 Å². The maximum Gasteiger partial charge on any atom is 0.0586 e. The first-order chi connectivity index (χ1) is 10.9. The minimum Gasteiger partial charge on any atom is -0.395 e. The molecule has 2 heterocycles. The molecule has 2 fully saturated rings. The normalized spacial score (nSPS) is 25.4. The van der Waals surface area contributed by atoms with Crippen molar-refractivity contribution in [3.63, 3.8) is 0 Å². The van der Waals surface area contributed by atoms with Gasteiger partial charge in [-0.05, 0) is 57.3 Å². The standard InChI is InChI=1S/C19H30N2O/c22-16-19-8-4-5-12-21(19)18-10-14-20(15-11-18)13-9-17-6-2-1-3-7-17/h1-3,6-7,18-19,22H,4-5,8-16H2/t19-/m0/s1. The second kappa shape index (κ2) is 8.09. The van der Waals surface area contributed by atoms with Crippen LogP contribution in [0.4, 0.5) is 0 Å². The summed E-state index contributed by atoms with van der Waals surface area (Å²) in [6.07, 6.45) is 7.48. The third-order valence-electron chi connectivity index (χ3n) is 5.47. The fraction of sp³-hybridized carbons (Fsp3) is 0.684. The van der Waals surface area contributed by atoms with Crippen LogP contribution < -0.4 is 0 Å². The van der Waals surface area contributed by atoms with Crippen molar-refractivity contribution in [3.8, 4) is 0 Å². The van der Waals surface area contributed by atoms with Crippen LogP contribution in [0.5, 0.6) is 0 Å². The molecular formula is C19H30N2O. The van der Waals surface area contributed by atoms with Crippen LogP contribution >= 0.6 is 0 Å². The molecule has 0 aliphatic carbocycles. The van der Waals surface area contributed by atoms with E-state index >= 15 is 0 Å². The quantitative estimate of drug-likeness (QED) is 0.905. The molecule has 1 N–H and O–H groups in total. The Labute approximate surface area is 134 Å². The Balaban J connectivity index is 1.44. The van der Waals surface area contributed by atoms with E-state index in [1.165, 1.54) is 63.8 Å². The number of hydrogen-bond donors (Lipinski definition) is 1. The molecule has 0 saturated carbocycles. The van der Waals surface area contributed by atoms with Gasteiger partial charge in [0.1, 0.15) is 0 Å². The van der Waals surface area contributed by atoms with Gasteiger partial charge in [0, 0.05) is 18.6 Å². The van der Waals surface area contributed by atoms with E-state index in [0.29, 0.717) is 18.7 Å². The molecule has 0 aromatic heterocycles. The SMILES string of the molecule is OC[C@@H]1CCCCN1C1CCN(CCc2ccccc2)CC1. The Morgan fingerprint density at radius 2 is 1.73 bits per heavy atom. The fourth-order valence-corrected chi connectivity index (χ4v) is 4.11. The molecule has 3 heteroatoms. The fourth-order valence-electron chi connectivity index (χ4n) is 4.11. The lowest BCUT2D eigenvalue weighted by molar-refractivity contribution is 0.0244. The van der Waals surface area contributed by atoms with E-state index in [1.54, 1.807) is 0 Å². The van der Waals surface area contributed by atoms with E-state index in [1.807, 2.05) is 0 Å². The molecule has 2 saturated heterocycles. The second-order valence-electron chi connectivity index (χ2n) is 6.88.